The summed E-state index contributed by atoms with van der Waals surface area (Å²) < 4.78 is 32.8. The molecule has 0 saturated heterocycles. The number of nitrogens with one attached hydrogen (secondary N) is 1. The van der Waals surface area contributed by atoms with E-state index in [1.807, 2.05) is 30.3 Å². The fraction of sp³-hybridized carbons (Fsp3) is 0.136. The number of hydrogen-bond donors (Lipinski definition) is 1. The molecule has 0 atom stereocenters. The predicted molar refractivity (Wildman–Crippen MR) is 112 cm³/mol. The molecule has 0 unspecified atom stereocenters. The van der Waals surface area contributed by atoms with Crippen molar-refractivity contribution < 1.29 is 17.9 Å². The molecule has 3 aromatic rings. The third-order valence-electron chi connectivity index (χ3n) is 4.29. The minimum absolute atomic E-state index is 0.110. The lowest BCUT2D eigenvalue weighted by Crippen LogP contribution is -2.40. The first-order chi connectivity index (χ1) is 14.0. The topological polar surface area (TPSA) is 75.7 Å². The molecule has 0 aliphatic carbocycles. The van der Waals surface area contributed by atoms with Gasteiger partial charge in [-0.2, -0.15) is 0 Å². The Morgan fingerprint density at radius 2 is 1.59 bits per heavy atom. The Labute approximate surface area is 170 Å². The van der Waals surface area contributed by atoms with Gasteiger partial charge in [-0.15, -0.1) is 0 Å². The zero-order valence-corrected chi connectivity index (χ0v) is 16.8. The predicted octanol–water partition coefficient (Wildman–Crippen LogP) is 3.21. The molecule has 6 nitrogen and oxygen atoms in total. The van der Waals surface area contributed by atoms with Gasteiger partial charge < -0.3 is 10.1 Å². The molecule has 3 rings (SSSR count). The molecule has 1 amide bonds. The molecule has 0 fully saturated rings. The standard InChI is InChI=1S/C22H22N2O4S/c1-28-20-12-8-11-19(15-20)24(29(26,27)21-13-6-3-7-14-21)17-22(25)23-16-18-9-4-2-5-10-18/h2-15H,16-17H2,1H3,(H,23,25). The van der Waals surface area contributed by atoms with Crippen LogP contribution < -0.4 is 14.4 Å². The molecule has 0 bridgehead atoms. The highest BCUT2D eigenvalue weighted by Crippen LogP contribution is 2.26. The summed E-state index contributed by atoms with van der Waals surface area (Å²) in [5.74, 6) is 0.0941. The highest BCUT2D eigenvalue weighted by molar-refractivity contribution is 7.92. The number of rotatable bonds is 8. The van der Waals surface area contributed by atoms with E-state index in [0.717, 1.165) is 9.87 Å². The summed E-state index contributed by atoms with van der Waals surface area (Å²) in [7, 11) is -2.44. The van der Waals surface area contributed by atoms with Gasteiger partial charge in [0, 0.05) is 12.6 Å². The van der Waals surface area contributed by atoms with Crippen molar-refractivity contribution in [3.63, 3.8) is 0 Å². The van der Waals surface area contributed by atoms with E-state index in [2.05, 4.69) is 5.32 Å². The molecule has 0 spiro atoms. The second-order valence-corrected chi connectivity index (χ2v) is 8.15. The first kappa shape index (κ1) is 20.4. The fourth-order valence-corrected chi connectivity index (χ4v) is 4.22. The molecule has 0 aliphatic heterocycles. The number of nitrogens with zero attached hydrogens (tertiary/aromatic N) is 1. The van der Waals surface area contributed by atoms with Crippen LogP contribution in [0, 0.1) is 0 Å². The molecule has 0 radical (unpaired) electrons. The van der Waals surface area contributed by atoms with E-state index >= 15 is 0 Å². The van der Waals surface area contributed by atoms with Crippen molar-refractivity contribution in [3.05, 3.63) is 90.5 Å². The number of ether oxygens (including phenoxy) is 1. The first-order valence-corrected chi connectivity index (χ1v) is 10.5. The second-order valence-electron chi connectivity index (χ2n) is 6.29. The van der Waals surface area contributed by atoms with E-state index in [0.29, 0.717) is 18.0 Å². The van der Waals surface area contributed by atoms with Gasteiger partial charge in [-0.25, -0.2) is 8.42 Å². The van der Waals surface area contributed by atoms with Crippen molar-refractivity contribution in [2.24, 2.45) is 0 Å². The average molecular weight is 410 g/mol. The molecule has 150 valence electrons. The Morgan fingerprint density at radius 3 is 2.24 bits per heavy atom. The van der Waals surface area contributed by atoms with Crippen molar-refractivity contribution in [2.45, 2.75) is 11.4 Å². The summed E-state index contributed by atoms with van der Waals surface area (Å²) in [4.78, 5) is 12.7. The van der Waals surface area contributed by atoms with Gasteiger partial charge in [0.05, 0.1) is 17.7 Å². The van der Waals surface area contributed by atoms with Gasteiger partial charge in [-0.3, -0.25) is 9.10 Å². The third-order valence-corrected chi connectivity index (χ3v) is 6.08. The average Bonchev–Trinajstić information content (AvgIpc) is 2.77. The van der Waals surface area contributed by atoms with E-state index in [1.54, 1.807) is 42.5 Å². The summed E-state index contributed by atoms with van der Waals surface area (Å²) in [6.45, 7) is -0.0335. The minimum atomic E-state index is -3.94. The number of carbonyl (C=O) groups is 1. The van der Waals surface area contributed by atoms with E-state index in [-0.39, 0.29) is 11.4 Å². The minimum Gasteiger partial charge on any atom is -0.497 e. The summed E-state index contributed by atoms with van der Waals surface area (Å²) in [5, 5.41) is 2.78. The Hall–Kier alpha value is -3.32. The number of methoxy groups -OCH3 is 1. The SMILES string of the molecule is COc1cccc(N(CC(=O)NCc2ccccc2)S(=O)(=O)c2ccccc2)c1. The summed E-state index contributed by atoms with van der Waals surface area (Å²) in [5.41, 5.74) is 1.28. The molecule has 0 heterocycles. The molecule has 0 aromatic heterocycles. The summed E-state index contributed by atoms with van der Waals surface area (Å²) in [6, 6.07) is 24.1. The van der Waals surface area contributed by atoms with Crippen LogP contribution in [-0.2, 0) is 21.4 Å². The van der Waals surface area contributed by atoms with Crippen molar-refractivity contribution in [3.8, 4) is 5.75 Å². The maximum Gasteiger partial charge on any atom is 0.264 e. The van der Waals surface area contributed by atoms with Gasteiger partial charge in [0.1, 0.15) is 12.3 Å². The molecule has 3 aromatic carbocycles. The van der Waals surface area contributed by atoms with Crippen LogP contribution in [0.2, 0.25) is 0 Å². The Kier molecular flexibility index (Phi) is 6.51. The Balaban J connectivity index is 1.87. The van der Waals surface area contributed by atoms with Crippen LogP contribution in [0.25, 0.3) is 0 Å². The lowest BCUT2D eigenvalue weighted by atomic mass is 10.2. The molecular weight excluding hydrogens is 388 g/mol. The van der Waals surface area contributed by atoms with Crippen molar-refractivity contribution in [1.29, 1.82) is 0 Å². The van der Waals surface area contributed by atoms with Crippen LogP contribution >= 0.6 is 0 Å². The Bertz CT molecular complexity index is 1050. The molecule has 0 aliphatic rings. The molecule has 7 heteroatoms. The van der Waals surface area contributed by atoms with Gasteiger partial charge in [-0.1, -0.05) is 54.6 Å². The smallest absolute Gasteiger partial charge is 0.264 e. The zero-order chi connectivity index (χ0) is 20.7. The van der Waals surface area contributed by atoms with Gasteiger partial charge in [0.15, 0.2) is 0 Å². The lowest BCUT2D eigenvalue weighted by Gasteiger charge is -2.24. The fourth-order valence-electron chi connectivity index (χ4n) is 2.78. The maximum atomic E-state index is 13.2. The van der Waals surface area contributed by atoms with Crippen LogP contribution in [0.5, 0.6) is 5.75 Å². The molecule has 1 N–H and O–H groups in total. The molecular formula is C22H22N2O4S. The third kappa shape index (κ3) is 5.14. The highest BCUT2D eigenvalue weighted by atomic mass is 32.2. The van der Waals surface area contributed by atoms with E-state index in [9.17, 15) is 13.2 Å². The number of benzene rings is 3. The lowest BCUT2D eigenvalue weighted by molar-refractivity contribution is -0.119. The normalized spacial score (nSPS) is 10.9. The highest BCUT2D eigenvalue weighted by Gasteiger charge is 2.27. The number of amides is 1. The molecule has 29 heavy (non-hydrogen) atoms. The van der Waals surface area contributed by atoms with Crippen LogP contribution in [-0.4, -0.2) is 28.0 Å². The molecule has 0 saturated carbocycles. The van der Waals surface area contributed by atoms with Crippen LogP contribution in [0.4, 0.5) is 5.69 Å². The van der Waals surface area contributed by atoms with Gasteiger partial charge in [0.2, 0.25) is 5.91 Å². The zero-order valence-electron chi connectivity index (χ0n) is 16.0. The van der Waals surface area contributed by atoms with Crippen molar-refractivity contribution in [1.82, 2.24) is 5.32 Å². The largest absolute Gasteiger partial charge is 0.497 e. The monoisotopic (exact) mass is 410 g/mol. The van der Waals surface area contributed by atoms with Crippen LogP contribution in [0.1, 0.15) is 5.56 Å². The number of hydrogen-bond acceptors (Lipinski definition) is 4. The first-order valence-electron chi connectivity index (χ1n) is 9.03. The van der Waals surface area contributed by atoms with Gasteiger partial charge in [0.25, 0.3) is 10.0 Å². The maximum absolute atomic E-state index is 13.2. The van der Waals surface area contributed by atoms with Gasteiger partial charge in [-0.05, 0) is 29.8 Å². The number of sulfonamides is 1. The quantitative estimate of drug-likeness (QED) is 0.619. The van der Waals surface area contributed by atoms with E-state index in [4.69, 9.17) is 4.74 Å². The summed E-state index contributed by atoms with van der Waals surface area (Å²) in [6.07, 6.45) is 0. The summed E-state index contributed by atoms with van der Waals surface area (Å²) >= 11 is 0. The number of carbonyl (C=O) groups excluding carboxylic acids is 1. The van der Waals surface area contributed by atoms with E-state index < -0.39 is 15.9 Å². The van der Waals surface area contributed by atoms with E-state index in [1.165, 1.54) is 19.2 Å². The second kappa shape index (κ2) is 9.25. The van der Waals surface area contributed by atoms with Crippen LogP contribution in [0.15, 0.2) is 89.8 Å². The van der Waals surface area contributed by atoms with Crippen molar-refractivity contribution >= 4 is 21.6 Å². The Morgan fingerprint density at radius 1 is 0.931 bits per heavy atom. The number of anilines is 1. The van der Waals surface area contributed by atoms with Crippen molar-refractivity contribution in [2.75, 3.05) is 18.0 Å². The van der Waals surface area contributed by atoms with Gasteiger partial charge >= 0.3 is 0 Å². The van der Waals surface area contributed by atoms with Crippen LogP contribution in [0.3, 0.4) is 0 Å².